The van der Waals surface area contributed by atoms with E-state index in [2.05, 4.69) is 18.3 Å². The summed E-state index contributed by atoms with van der Waals surface area (Å²) in [5.74, 6) is 1.78. The number of aryl methyl sites for hydroxylation is 2. The molecule has 0 atom stereocenters. The summed E-state index contributed by atoms with van der Waals surface area (Å²) in [4.78, 5) is 11.8. The second kappa shape index (κ2) is 10.1. The summed E-state index contributed by atoms with van der Waals surface area (Å²) in [6.07, 6.45) is 4.15. The van der Waals surface area contributed by atoms with Gasteiger partial charge in [0.25, 0.3) is 0 Å². The third-order valence-corrected chi connectivity index (χ3v) is 3.48. The first-order valence-electron chi connectivity index (χ1n) is 8.25. The van der Waals surface area contributed by atoms with Crippen LogP contribution < -0.4 is 14.8 Å². The van der Waals surface area contributed by atoms with E-state index in [0.29, 0.717) is 19.4 Å². The Labute approximate surface area is 134 Å². The van der Waals surface area contributed by atoms with Gasteiger partial charge in [-0.15, -0.1) is 0 Å². The molecule has 0 saturated carbocycles. The number of ether oxygens (including phenoxy) is 2. The molecule has 124 valence electrons. The molecule has 0 aliphatic carbocycles. The first-order valence-corrected chi connectivity index (χ1v) is 8.25. The van der Waals surface area contributed by atoms with Gasteiger partial charge in [0.15, 0.2) is 0 Å². The smallest absolute Gasteiger partial charge is 0.220 e. The van der Waals surface area contributed by atoms with Crippen molar-refractivity contribution in [2.75, 3.05) is 20.3 Å². The first kappa shape index (κ1) is 18.3. The molecule has 0 radical (unpaired) electrons. The molecule has 4 nitrogen and oxygen atoms in total. The molecule has 1 amide bonds. The molecular formula is C18H29NO3. The lowest BCUT2D eigenvalue weighted by Crippen LogP contribution is -2.24. The number of rotatable bonds is 10. The maximum Gasteiger partial charge on any atom is 0.220 e. The van der Waals surface area contributed by atoms with Crippen molar-refractivity contribution in [3.63, 3.8) is 0 Å². The fourth-order valence-electron chi connectivity index (χ4n) is 2.40. The van der Waals surface area contributed by atoms with E-state index >= 15 is 0 Å². The van der Waals surface area contributed by atoms with Crippen LogP contribution in [0.3, 0.4) is 0 Å². The van der Waals surface area contributed by atoms with Crippen molar-refractivity contribution in [2.24, 2.45) is 0 Å². The van der Waals surface area contributed by atoms with Crippen LogP contribution in [0, 0.1) is 0 Å². The van der Waals surface area contributed by atoms with E-state index in [1.807, 2.05) is 19.9 Å². The monoisotopic (exact) mass is 307 g/mol. The van der Waals surface area contributed by atoms with E-state index in [4.69, 9.17) is 9.47 Å². The maximum atomic E-state index is 11.8. The van der Waals surface area contributed by atoms with Crippen LogP contribution in [0.15, 0.2) is 12.1 Å². The van der Waals surface area contributed by atoms with Crippen molar-refractivity contribution in [3.8, 4) is 11.5 Å². The Hall–Kier alpha value is -1.71. The van der Waals surface area contributed by atoms with Gasteiger partial charge in [-0.05, 0) is 43.4 Å². The van der Waals surface area contributed by atoms with Gasteiger partial charge >= 0.3 is 0 Å². The molecule has 1 N–H and O–H groups in total. The Balaban J connectivity index is 2.87. The van der Waals surface area contributed by atoms with Crippen LogP contribution in [0.5, 0.6) is 11.5 Å². The molecule has 0 bridgehead atoms. The molecule has 1 aromatic rings. The summed E-state index contributed by atoms with van der Waals surface area (Å²) >= 11 is 0. The molecule has 4 heteroatoms. The summed E-state index contributed by atoms with van der Waals surface area (Å²) in [5.41, 5.74) is 2.26. The van der Waals surface area contributed by atoms with E-state index in [1.165, 1.54) is 5.56 Å². The zero-order chi connectivity index (χ0) is 16.4. The van der Waals surface area contributed by atoms with Gasteiger partial charge in [0.05, 0.1) is 13.7 Å². The third-order valence-electron chi connectivity index (χ3n) is 3.48. The van der Waals surface area contributed by atoms with E-state index in [1.54, 1.807) is 7.11 Å². The Morgan fingerprint density at radius 3 is 2.36 bits per heavy atom. The van der Waals surface area contributed by atoms with E-state index in [0.717, 1.165) is 42.9 Å². The van der Waals surface area contributed by atoms with Crippen molar-refractivity contribution in [1.29, 1.82) is 0 Å². The van der Waals surface area contributed by atoms with Crippen LogP contribution in [0.25, 0.3) is 0 Å². The first-order chi connectivity index (χ1) is 10.7. The molecule has 0 aliphatic heterocycles. The van der Waals surface area contributed by atoms with Crippen molar-refractivity contribution in [2.45, 2.75) is 52.9 Å². The predicted octanol–water partition coefficient (Wildman–Crippen LogP) is 3.51. The number of carbonyl (C=O) groups excluding carboxylic acids is 1. The van der Waals surface area contributed by atoms with Gasteiger partial charge in [-0.1, -0.05) is 20.3 Å². The van der Waals surface area contributed by atoms with E-state index in [-0.39, 0.29) is 5.91 Å². The standard InChI is InChI=1S/C18H29NO3/c1-5-8-14-12-15(9-10-18(20)19-11-6-2)16(21-4)13-17(14)22-7-3/h12-13H,5-11H2,1-4H3,(H,19,20). The topological polar surface area (TPSA) is 47.6 Å². The minimum Gasteiger partial charge on any atom is -0.496 e. The van der Waals surface area contributed by atoms with Crippen LogP contribution in [0.1, 0.15) is 51.2 Å². The van der Waals surface area contributed by atoms with Crippen molar-refractivity contribution >= 4 is 5.91 Å². The number of nitrogens with one attached hydrogen (secondary N) is 1. The zero-order valence-corrected chi connectivity index (χ0v) is 14.3. The Morgan fingerprint density at radius 2 is 1.77 bits per heavy atom. The Bertz CT molecular complexity index is 472. The van der Waals surface area contributed by atoms with Gasteiger partial charge in [-0.3, -0.25) is 4.79 Å². The molecule has 1 rings (SSSR count). The number of methoxy groups -OCH3 is 1. The van der Waals surface area contributed by atoms with Gasteiger partial charge in [0, 0.05) is 19.0 Å². The fraction of sp³-hybridized carbons (Fsp3) is 0.611. The maximum absolute atomic E-state index is 11.8. The second-order valence-electron chi connectivity index (χ2n) is 5.30. The molecule has 0 unspecified atom stereocenters. The van der Waals surface area contributed by atoms with E-state index in [9.17, 15) is 4.79 Å². The van der Waals surface area contributed by atoms with Gasteiger partial charge in [-0.25, -0.2) is 0 Å². The lowest BCUT2D eigenvalue weighted by molar-refractivity contribution is -0.121. The van der Waals surface area contributed by atoms with Crippen LogP contribution in [-0.4, -0.2) is 26.2 Å². The summed E-state index contributed by atoms with van der Waals surface area (Å²) < 4.78 is 11.2. The lowest BCUT2D eigenvalue weighted by Gasteiger charge is -2.15. The molecule has 22 heavy (non-hydrogen) atoms. The zero-order valence-electron chi connectivity index (χ0n) is 14.3. The number of amides is 1. The minimum absolute atomic E-state index is 0.0924. The normalized spacial score (nSPS) is 10.4. The summed E-state index contributed by atoms with van der Waals surface area (Å²) in [7, 11) is 1.66. The summed E-state index contributed by atoms with van der Waals surface area (Å²) in [5, 5.41) is 2.91. The van der Waals surface area contributed by atoms with Crippen molar-refractivity contribution in [3.05, 3.63) is 23.3 Å². The number of benzene rings is 1. The average molecular weight is 307 g/mol. The molecular weight excluding hydrogens is 278 g/mol. The number of hydrogen-bond acceptors (Lipinski definition) is 3. The van der Waals surface area contributed by atoms with Gasteiger partial charge < -0.3 is 14.8 Å². The SMILES string of the molecule is CCCNC(=O)CCc1cc(CCC)c(OCC)cc1OC. The van der Waals surface area contributed by atoms with Crippen molar-refractivity contribution in [1.82, 2.24) is 5.32 Å². The molecule has 0 aromatic heterocycles. The Morgan fingerprint density at radius 1 is 1.05 bits per heavy atom. The van der Waals surface area contributed by atoms with Gasteiger partial charge in [0.1, 0.15) is 11.5 Å². The summed E-state index contributed by atoms with van der Waals surface area (Å²) in [6.45, 7) is 7.55. The molecule has 0 heterocycles. The number of hydrogen-bond donors (Lipinski definition) is 1. The minimum atomic E-state index is 0.0924. The highest BCUT2D eigenvalue weighted by Crippen LogP contribution is 2.31. The molecule has 0 fully saturated rings. The Kier molecular flexibility index (Phi) is 8.41. The van der Waals surface area contributed by atoms with Crippen LogP contribution in [-0.2, 0) is 17.6 Å². The number of carbonyl (C=O) groups is 1. The van der Waals surface area contributed by atoms with Crippen LogP contribution in [0.2, 0.25) is 0 Å². The highest BCUT2D eigenvalue weighted by atomic mass is 16.5. The highest BCUT2D eigenvalue weighted by molar-refractivity contribution is 5.76. The highest BCUT2D eigenvalue weighted by Gasteiger charge is 2.12. The average Bonchev–Trinajstić information content (AvgIpc) is 2.52. The largest absolute Gasteiger partial charge is 0.496 e. The summed E-state index contributed by atoms with van der Waals surface area (Å²) in [6, 6.07) is 4.08. The quantitative estimate of drug-likeness (QED) is 0.719. The molecule has 0 saturated heterocycles. The second-order valence-corrected chi connectivity index (χ2v) is 5.30. The van der Waals surface area contributed by atoms with E-state index < -0.39 is 0 Å². The fourth-order valence-corrected chi connectivity index (χ4v) is 2.40. The van der Waals surface area contributed by atoms with Crippen molar-refractivity contribution < 1.29 is 14.3 Å². The van der Waals surface area contributed by atoms with Crippen LogP contribution in [0.4, 0.5) is 0 Å². The molecule has 0 spiro atoms. The third kappa shape index (κ3) is 5.58. The van der Waals surface area contributed by atoms with Gasteiger partial charge in [0.2, 0.25) is 5.91 Å². The van der Waals surface area contributed by atoms with Gasteiger partial charge in [-0.2, -0.15) is 0 Å². The molecule has 1 aromatic carbocycles. The lowest BCUT2D eigenvalue weighted by atomic mass is 10.0. The van der Waals surface area contributed by atoms with Crippen LogP contribution >= 0.6 is 0 Å². The molecule has 0 aliphatic rings. The predicted molar refractivity (Wildman–Crippen MR) is 89.8 cm³/mol.